The molecule has 2 aromatic rings. The maximum atomic E-state index is 11.9. The van der Waals surface area contributed by atoms with Crippen LogP contribution in [0.5, 0.6) is 5.75 Å². The van der Waals surface area contributed by atoms with Crippen LogP contribution in [-0.2, 0) is 4.79 Å². The van der Waals surface area contributed by atoms with Crippen molar-refractivity contribution < 1.29 is 9.53 Å². The van der Waals surface area contributed by atoms with Crippen LogP contribution in [-0.4, -0.2) is 19.6 Å². The Morgan fingerprint density at radius 3 is 2.76 bits per heavy atom. The Balaban J connectivity index is 1.82. The van der Waals surface area contributed by atoms with E-state index in [2.05, 4.69) is 26.6 Å². The summed E-state index contributed by atoms with van der Waals surface area (Å²) in [7, 11) is 1.58. The normalized spacial score (nSPS) is 10.0. The Labute approximate surface area is 132 Å². The van der Waals surface area contributed by atoms with Crippen molar-refractivity contribution in [3.05, 3.63) is 53.0 Å². The molecule has 0 aliphatic carbocycles. The van der Waals surface area contributed by atoms with Gasteiger partial charge in [-0.15, -0.1) is 0 Å². The van der Waals surface area contributed by atoms with Crippen molar-refractivity contribution in [2.75, 3.05) is 24.3 Å². The first-order chi connectivity index (χ1) is 10.2. The van der Waals surface area contributed by atoms with E-state index in [9.17, 15) is 4.79 Å². The molecule has 0 saturated carbocycles. The van der Waals surface area contributed by atoms with Gasteiger partial charge in [-0.05, 0) is 30.3 Å². The predicted octanol–water partition coefficient (Wildman–Crippen LogP) is 3.90. The van der Waals surface area contributed by atoms with Crippen molar-refractivity contribution >= 4 is 33.2 Å². The van der Waals surface area contributed by atoms with Crippen LogP contribution in [0, 0.1) is 0 Å². The summed E-state index contributed by atoms with van der Waals surface area (Å²) >= 11 is 3.41. The fourth-order valence-electron chi connectivity index (χ4n) is 1.88. The Bertz CT molecular complexity index is 617. The molecule has 0 unspecified atom stereocenters. The Morgan fingerprint density at radius 1 is 1.19 bits per heavy atom. The van der Waals surface area contributed by atoms with Gasteiger partial charge in [0.05, 0.1) is 12.8 Å². The highest BCUT2D eigenvalue weighted by Gasteiger charge is 2.06. The highest BCUT2D eigenvalue weighted by molar-refractivity contribution is 9.10. The second-order valence-electron chi connectivity index (χ2n) is 4.44. The number of para-hydroxylation sites is 2. The van der Waals surface area contributed by atoms with Crippen molar-refractivity contribution in [1.29, 1.82) is 0 Å². The van der Waals surface area contributed by atoms with Crippen LogP contribution in [0.3, 0.4) is 0 Å². The lowest BCUT2D eigenvalue weighted by Crippen LogP contribution is -2.16. The maximum absolute atomic E-state index is 11.9. The molecule has 1 amide bonds. The second-order valence-corrected chi connectivity index (χ2v) is 5.35. The molecule has 0 bridgehead atoms. The standard InChI is InChI=1S/C16H17BrN2O2/c1-21-15-8-3-2-7-14(15)19-16(20)9-10-18-13-6-4-5-12(17)11-13/h2-8,11,18H,9-10H2,1H3,(H,19,20). The molecule has 0 aromatic heterocycles. The summed E-state index contributed by atoms with van der Waals surface area (Å²) < 4.78 is 6.20. The number of carbonyl (C=O) groups is 1. The first-order valence-electron chi connectivity index (χ1n) is 6.61. The number of methoxy groups -OCH3 is 1. The molecule has 0 spiro atoms. The largest absolute Gasteiger partial charge is 0.495 e. The summed E-state index contributed by atoms with van der Waals surface area (Å²) in [6.45, 7) is 0.567. The van der Waals surface area contributed by atoms with Gasteiger partial charge in [-0.1, -0.05) is 34.1 Å². The fourth-order valence-corrected chi connectivity index (χ4v) is 2.28. The number of benzene rings is 2. The van der Waals surface area contributed by atoms with Gasteiger partial charge >= 0.3 is 0 Å². The van der Waals surface area contributed by atoms with Crippen LogP contribution in [0.4, 0.5) is 11.4 Å². The summed E-state index contributed by atoms with van der Waals surface area (Å²) in [4.78, 5) is 11.9. The lowest BCUT2D eigenvalue weighted by atomic mass is 10.2. The SMILES string of the molecule is COc1ccccc1NC(=O)CCNc1cccc(Br)c1. The van der Waals surface area contributed by atoms with E-state index in [-0.39, 0.29) is 5.91 Å². The third kappa shape index (κ3) is 4.79. The zero-order chi connectivity index (χ0) is 15.1. The van der Waals surface area contributed by atoms with Crippen LogP contribution in [0.15, 0.2) is 53.0 Å². The molecule has 0 saturated heterocycles. The zero-order valence-corrected chi connectivity index (χ0v) is 13.3. The smallest absolute Gasteiger partial charge is 0.226 e. The van der Waals surface area contributed by atoms with E-state index in [1.165, 1.54) is 0 Å². The van der Waals surface area contributed by atoms with Crippen LogP contribution < -0.4 is 15.4 Å². The van der Waals surface area contributed by atoms with E-state index >= 15 is 0 Å². The van der Waals surface area contributed by atoms with Gasteiger partial charge < -0.3 is 15.4 Å². The zero-order valence-electron chi connectivity index (χ0n) is 11.7. The molecule has 2 aromatic carbocycles. The molecule has 0 heterocycles. The molecule has 110 valence electrons. The van der Waals surface area contributed by atoms with Crippen LogP contribution >= 0.6 is 15.9 Å². The van der Waals surface area contributed by atoms with E-state index < -0.39 is 0 Å². The minimum Gasteiger partial charge on any atom is -0.495 e. The lowest BCUT2D eigenvalue weighted by molar-refractivity contribution is -0.115. The van der Waals surface area contributed by atoms with E-state index in [0.29, 0.717) is 24.4 Å². The molecule has 21 heavy (non-hydrogen) atoms. The van der Waals surface area contributed by atoms with Gasteiger partial charge in [0.1, 0.15) is 5.75 Å². The summed E-state index contributed by atoms with van der Waals surface area (Å²) in [6, 6.07) is 15.2. The second kappa shape index (κ2) is 7.69. The maximum Gasteiger partial charge on any atom is 0.226 e. The number of rotatable bonds is 6. The molecule has 0 radical (unpaired) electrons. The summed E-state index contributed by atoms with van der Waals surface area (Å²) in [6.07, 6.45) is 0.380. The van der Waals surface area contributed by atoms with Gasteiger partial charge in [0.15, 0.2) is 0 Å². The molecule has 0 fully saturated rings. The van der Waals surface area contributed by atoms with Crippen LogP contribution in [0.25, 0.3) is 0 Å². The van der Waals surface area contributed by atoms with Gasteiger partial charge in [0.25, 0.3) is 0 Å². The lowest BCUT2D eigenvalue weighted by Gasteiger charge is -2.10. The topological polar surface area (TPSA) is 50.4 Å². The number of amides is 1. The molecule has 0 aliphatic heterocycles. The Kier molecular flexibility index (Phi) is 5.63. The third-order valence-corrected chi connectivity index (χ3v) is 3.38. The average Bonchev–Trinajstić information content (AvgIpc) is 2.48. The summed E-state index contributed by atoms with van der Waals surface area (Å²) in [5.41, 5.74) is 1.67. The number of hydrogen-bond donors (Lipinski definition) is 2. The minimum absolute atomic E-state index is 0.0537. The minimum atomic E-state index is -0.0537. The summed E-state index contributed by atoms with van der Waals surface area (Å²) in [5.74, 6) is 0.604. The van der Waals surface area contributed by atoms with Crippen LogP contribution in [0.1, 0.15) is 6.42 Å². The quantitative estimate of drug-likeness (QED) is 0.832. The number of nitrogens with one attached hydrogen (secondary N) is 2. The molecular formula is C16H17BrN2O2. The van der Waals surface area contributed by atoms with Crippen LogP contribution in [0.2, 0.25) is 0 Å². The molecule has 0 aliphatic rings. The van der Waals surface area contributed by atoms with Crippen molar-refractivity contribution in [1.82, 2.24) is 0 Å². The van der Waals surface area contributed by atoms with Gasteiger partial charge in [-0.3, -0.25) is 4.79 Å². The van der Waals surface area contributed by atoms with E-state index in [4.69, 9.17) is 4.74 Å². The number of hydrogen-bond acceptors (Lipinski definition) is 3. The Morgan fingerprint density at radius 2 is 2.00 bits per heavy atom. The van der Waals surface area contributed by atoms with Crippen molar-refractivity contribution in [3.63, 3.8) is 0 Å². The molecule has 5 heteroatoms. The summed E-state index contributed by atoms with van der Waals surface area (Å²) in [5, 5.41) is 6.05. The van der Waals surface area contributed by atoms with E-state index in [1.807, 2.05) is 48.5 Å². The van der Waals surface area contributed by atoms with E-state index in [0.717, 1.165) is 10.2 Å². The van der Waals surface area contributed by atoms with Gasteiger partial charge in [0.2, 0.25) is 5.91 Å². The number of carbonyl (C=O) groups excluding carboxylic acids is 1. The molecule has 2 rings (SSSR count). The van der Waals surface area contributed by atoms with Gasteiger partial charge in [0, 0.05) is 23.1 Å². The Hall–Kier alpha value is -2.01. The fraction of sp³-hybridized carbons (Fsp3) is 0.188. The third-order valence-electron chi connectivity index (χ3n) is 2.89. The number of halogens is 1. The number of anilines is 2. The van der Waals surface area contributed by atoms with Crippen molar-refractivity contribution in [2.24, 2.45) is 0 Å². The average molecular weight is 349 g/mol. The van der Waals surface area contributed by atoms with Gasteiger partial charge in [-0.2, -0.15) is 0 Å². The highest BCUT2D eigenvalue weighted by atomic mass is 79.9. The molecule has 4 nitrogen and oxygen atoms in total. The highest BCUT2D eigenvalue weighted by Crippen LogP contribution is 2.23. The van der Waals surface area contributed by atoms with E-state index in [1.54, 1.807) is 7.11 Å². The van der Waals surface area contributed by atoms with Crippen molar-refractivity contribution in [2.45, 2.75) is 6.42 Å². The number of ether oxygens (including phenoxy) is 1. The predicted molar refractivity (Wildman–Crippen MR) is 88.9 cm³/mol. The van der Waals surface area contributed by atoms with Crippen molar-refractivity contribution in [3.8, 4) is 5.75 Å². The first-order valence-corrected chi connectivity index (χ1v) is 7.40. The monoisotopic (exact) mass is 348 g/mol. The molecular weight excluding hydrogens is 332 g/mol. The van der Waals surface area contributed by atoms with Gasteiger partial charge in [-0.25, -0.2) is 0 Å². The first kappa shape index (κ1) is 15.4. The molecule has 0 atom stereocenters. The molecule has 2 N–H and O–H groups in total.